The minimum Gasteiger partial charge on any atom is -0.478 e. The van der Waals surface area contributed by atoms with Crippen molar-refractivity contribution in [1.29, 1.82) is 0 Å². The molecule has 2 aromatic rings. The number of carboxylic acids is 1. The van der Waals surface area contributed by atoms with Gasteiger partial charge in [0.25, 0.3) is 5.91 Å². The highest BCUT2D eigenvalue weighted by molar-refractivity contribution is 9.10. The second-order valence-corrected chi connectivity index (χ2v) is 5.23. The van der Waals surface area contributed by atoms with Crippen molar-refractivity contribution in [2.24, 2.45) is 7.05 Å². The molecule has 5 nitrogen and oxygen atoms in total. The summed E-state index contributed by atoms with van der Waals surface area (Å²) in [4.78, 5) is 23.0. The van der Waals surface area contributed by atoms with Crippen molar-refractivity contribution >= 4 is 33.5 Å². The van der Waals surface area contributed by atoms with Crippen molar-refractivity contribution in [3.05, 3.63) is 51.8 Å². The molecule has 0 aliphatic carbocycles. The molecule has 0 aliphatic heterocycles. The van der Waals surface area contributed by atoms with Gasteiger partial charge in [0, 0.05) is 17.2 Å². The third-order valence-electron chi connectivity index (χ3n) is 3.07. The first-order chi connectivity index (χ1) is 9.40. The molecular weight excluding hydrogens is 324 g/mol. The number of amides is 1. The maximum atomic E-state index is 12.2. The van der Waals surface area contributed by atoms with Crippen LogP contribution in [0.1, 0.15) is 26.5 Å². The number of rotatable bonds is 3. The standard InChI is InChI=1S/C14H13BrN2O3/c1-8-3-6-12(17(8)2)13(18)16-11-5-4-9(14(19)20)7-10(11)15/h3-7H,1-2H3,(H,16,18)(H,19,20). The normalized spacial score (nSPS) is 10.3. The lowest BCUT2D eigenvalue weighted by Gasteiger charge is -2.09. The predicted octanol–water partition coefficient (Wildman–Crippen LogP) is 3.05. The van der Waals surface area contributed by atoms with E-state index in [9.17, 15) is 9.59 Å². The van der Waals surface area contributed by atoms with Crippen LogP contribution in [-0.2, 0) is 7.05 Å². The fourth-order valence-electron chi connectivity index (χ4n) is 1.78. The van der Waals surface area contributed by atoms with Gasteiger partial charge in [-0.15, -0.1) is 0 Å². The van der Waals surface area contributed by atoms with Crippen LogP contribution in [0.15, 0.2) is 34.8 Å². The lowest BCUT2D eigenvalue weighted by Crippen LogP contribution is -2.16. The first-order valence-electron chi connectivity index (χ1n) is 5.86. The summed E-state index contributed by atoms with van der Waals surface area (Å²) in [5.74, 6) is -1.26. The molecule has 2 N–H and O–H groups in total. The van der Waals surface area contributed by atoms with Crippen molar-refractivity contribution in [1.82, 2.24) is 4.57 Å². The molecule has 0 aliphatic rings. The van der Waals surface area contributed by atoms with Crippen molar-refractivity contribution in [2.45, 2.75) is 6.92 Å². The number of carbonyl (C=O) groups is 2. The molecule has 0 saturated carbocycles. The number of benzene rings is 1. The fourth-order valence-corrected chi connectivity index (χ4v) is 2.25. The van der Waals surface area contributed by atoms with E-state index < -0.39 is 5.97 Å². The average Bonchev–Trinajstić information content (AvgIpc) is 2.72. The highest BCUT2D eigenvalue weighted by atomic mass is 79.9. The van der Waals surface area contributed by atoms with E-state index >= 15 is 0 Å². The van der Waals surface area contributed by atoms with E-state index in [4.69, 9.17) is 5.11 Å². The molecule has 104 valence electrons. The lowest BCUT2D eigenvalue weighted by molar-refractivity contribution is 0.0696. The molecule has 1 aromatic heterocycles. The van der Waals surface area contributed by atoms with Gasteiger partial charge in [0.1, 0.15) is 5.69 Å². The molecule has 0 spiro atoms. The van der Waals surface area contributed by atoms with E-state index in [2.05, 4.69) is 21.2 Å². The maximum absolute atomic E-state index is 12.2. The molecule has 6 heteroatoms. The van der Waals surface area contributed by atoms with E-state index in [1.54, 1.807) is 16.7 Å². The first-order valence-corrected chi connectivity index (χ1v) is 6.66. The van der Waals surface area contributed by atoms with E-state index in [1.165, 1.54) is 12.1 Å². The van der Waals surface area contributed by atoms with Crippen LogP contribution >= 0.6 is 15.9 Å². The molecule has 0 bridgehead atoms. The average molecular weight is 337 g/mol. The second-order valence-electron chi connectivity index (χ2n) is 4.37. The highest BCUT2D eigenvalue weighted by Crippen LogP contribution is 2.24. The number of anilines is 1. The number of aryl methyl sites for hydroxylation is 1. The first kappa shape index (κ1) is 14.3. The van der Waals surface area contributed by atoms with Gasteiger partial charge in [-0.25, -0.2) is 4.79 Å². The van der Waals surface area contributed by atoms with Crippen LogP contribution in [0.2, 0.25) is 0 Å². The van der Waals surface area contributed by atoms with Crippen LogP contribution in [0.3, 0.4) is 0 Å². The summed E-state index contributed by atoms with van der Waals surface area (Å²) in [5.41, 5.74) is 2.20. The van der Waals surface area contributed by atoms with Gasteiger partial charge in [0.2, 0.25) is 0 Å². The Morgan fingerprint density at radius 3 is 2.45 bits per heavy atom. The SMILES string of the molecule is Cc1ccc(C(=O)Nc2ccc(C(=O)O)cc2Br)n1C. The summed E-state index contributed by atoms with van der Waals surface area (Å²) in [6.45, 7) is 1.91. The monoisotopic (exact) mass is 336 g/mol. The third-order valence-corrected chi connectivity index (χ3v) is 3.73. The van der Waals surface area contributed by atoms with Crippen molar-refractivity contribution in [3.8, 4) is 0 Å². The zero-order valence-corrected chi connectivity index (χ0v) is 12.6. The van der Waals surface area contributed by atoms with Gasteiger partial charge < -0.3 is 15.0 Å². The van der Waals surface area contributed by atoms with Gasteiger partial charge in [-0.05, 0) is 53.2 Å². The van der Waals surface area contributed by atoms with E-state index in [-0.39, 0.29) is 11.5 Å². The van der Waals surface area contributed by atoms with Crippen LogP contribution in [0.25, 0.3) is 0 Å². The van der Waals surface area contributed by atoms with Crippen molar-refractivity contribution in [2.75, 3.05) is 5.32 Å². The number of halogens is 1. The zero-order valence-electron chi connectivity index (χ0n) is 11.0. The summed E-state index contributed by atoms with van der Waals surface area (Å²) in [6.07, 6.45) is 0. The summed E-state index contributed by atoms with van der Waals surface area (Å²) in [5, 5.41) is 11.6. The second kappa shape index (κ2) is 5.50. The Labute approximate surface area is 124 Å². The Bertz CT molecular complexity index is 692. The van der Waals surface area contributed by atoms with Crippen LogP contribution in [-0.4, -0.2) is 21.6 Å². The number of hydrogen-bond donors (Lipinski definition) is 2. The molecule has 20 heavy (non-hydrogen) atoms. The Balaban J connectivity index is 2.24. The van der Waals surface area contributed by atoms with Crippen LogP contribution in [0, 0.1) is 6.92 Å². The van der Waals surface area contributed by atoms with E-state index in [0.717, 1.165) is 5.69 Å². The molecule has 0 radical (unpaired) electrons. The minimum atomic E-state index is -1.01. The third kappa shape index (κ3) is 2.75. The molecule has 1 aromatic carbocycles. The lowest BCUT2D eigenvalue weighted by atomic mass is 10.2. The molecule has 1 heterocycles. The summed E-state index contributed by atoms with van der Waals surface area (Å²) in [6, 6.07) is 8.05. The Kier molecular flexibility index (Phi) is 3.94. The molecule has 0 fully saturated rings. The van der Waals surface area contributed by atoms with Crippen molar-refractivity contribution < 1.29 is 14.7 Å². The molecule has 1 amide bonds. The number of aromatic carboxylic acids is 1. The summed E-state index contributed by atoms with van der Waals surface area (Å²) in [7, 11) is 1.81. The highest BCUT2D eigenvalue weighted by Gasteiger charge is 2.13. The van der Waals surface area contributed by atoms with E-state index in [1.807, 2.05) is 20.0 Å². The Hall–Kier alpha value is -2.08. The fraction of sp³-hybridized carbons (Fsp3) is 0.143. The molecule has 0 saturated heterocycles. The van der Waals surface area contributed by atoms with Gasteiger partial charge in [0.15, 0.2) is 0 Å². The minimum absolute atomic E-state index is 0.157. The van der Waals surface area contributed by atoms with Gasteiger partial charge >= 0.3 is 5.97 Å². The largest absolute Gasteiger partial charge is 0.478 e. The number of hydrogen-bond acceptors (Lipinski definition) is 2. The van der Waals surface area contributed by atoms with Crippen LogP contribution in [0.5, 0.6) is 0 Å². The molecule has 0 unspecified atom stereocenters. The molecule has 2 rings (SSSR count). The topological polar surface area (TPSA) is 71.3 Å². The van der Waals surface area contributed by atoms with Gasteiger partial charge in [-0.2, -0.15) is 0 Å². The van der Waals surface area contributed by atoms with E-state index in [0.29, 0.717) is 15.9 Å². The number of carbonyl (C=O) groups excluding carboxylic acids is 1. The maximum Gasteiger partial charge on any atom is 0.335 e. The van der Waals surface area contributed by atoms with Gasteiger partial charge in [0.05, 0.1) is 11.3 Å². The zero-order chi connectivity index (χ0) is 14.9. The Morgan fingerprint density at radius 1 is 1.25 bits per heavy atom. The predicted molar refractivity (Wildman–Crippen MR) is 79.2 cm³/mol. The van der Waals surface area contributed by atoms with Gasteiger partial charge in [-0.1, -0.05) is 0 Å². The van der Waals surface area contributed by atoms with Crippen molar-refractivity contribution in [3.63, 3.8) is 0 Å². The molecular formula is C14H13BrN2O3. The van der Waals surface area contributed by atoms with Crippen LogP contribution in [0.4, 0.5) is 5.69 Å². The quantitative estimate of drug-likeness (QED) is 0.904. The van der Waals surface area contributed by atoms with Gasteiger partial charge in [-0.3, -0.25) is 4.79 Å². The smallest absolute Gasteiger partial charge is 0.335 e. The number of nitrogens with one attached hydrogen (secondary N) is 1. The number of nitrogens with zero attached hydrogens (tertiary/aromatic N) is 1. The Morgan fingerprint density at radius 2 is 1.95 bits per heavy atom. The number of aromatic nitrogens is 1. The summed E-state index contributed by atoms with van der Waals surface area (Å²) >= 11 is 3.26. The number of carboxylic acid groups (broad SMARTS) is 1. The molecule has 0 atom stereocenters. The van der Waals surface area contributed by atoms with Crippen LogP contribution < -0.4 is 5.32 Å². The summed E-state index contributed by atoms with van der Waals surface area (Å²) < 4.78 is 2.31.